The lowest BCUT2D eigenvalue weighted by Gasteiger charge is -2.26. The summed E-state index contributed by atoms with van der Waals surface area (Å²) in [6.07, 6.45) is 0. The van der Waals surface area contributed by atoms with Crippen LogP contribution in [0.4, 0.5) is 4.39 Å². The maximum Gasteiger partial charge on any atom is 0.153 e. The normalized spacial score (nSPS) is 19.4. The van der Waals surface area contributed by atoms with E-state index in [1.807, 2.05) is 0 Å². The highest BCUT2D eigenvalue weighted by molar-refractivity contribution is 9.10. The van der Waals surface area contributed by atoms with Crippen molar-refractivity contribution in [3.63, 3.8) is 0 Å². The van der Waals surface area contributed by atoms with Gasteiger partial charge in [-0.25, -0.2) is 12.8 Å². The van der Waals surface area contributed by atoms with Crippen molar-refractivity contribution in [2.75, 3.05) is 11.5 Å². The minimum Gasteiger partial charge on any atom is -0.308 e. The van der Waals surface area contributed by atoms with E-state index < -0.39 is 9.84 Å². The van der Waals surface area contributed by atoms with E-state index in [1.165, 1.54) is 12.1 Å². The van der Waals surface area contributed by atoms with Crippen LogP contribution in [-0.4, -0.2) is 26.0 Å². The number of benzene rings is 1. The lowest BCUT2D eigenvalue weighted by molar-refractivity contribution is 0.510. The van der Waals surface area contributed by atoms with E-state index in [-0.39, 0.29) is 23.4 Å². The van der Waals surface area contributed by atoms with Crippen molar-refractivity contribution in [1.29, 1.82) is 0 Å². The maximum atomic E-state index is 12.9. The van der Waals surface area contributed by atoms with Gasteiger partial charge in [-0.1, -0.05) is 15.9 Å². The van der Waals surface area contributed by atoms with E-state index in [1.54, 1.807) is 6.07 Å². The molecule has 0 saturated carbocycles. The monoisotopic (exact) mass is 307 g/mol. The number of sulfone groups is 1. The van der Waals surface area contributed by atoms with Crippen molar-refractivity contribution >= 4 is 25.8 Å². The van der Waals surface area contributed by atoms with Crippen molar-refractivity contribution in [2.45, 2.75) is 12.6 Å². The fourth-order valence-electron chi connectivity index (χ4n) is 1.62. The summed E-state index contributed by atoms with van der Waals surface area (Å²) in [4.78, 5) is 0. The molecular weight excluding hydrogens is 297 g/mol. The zero-order valence-electron chi connectivity index (χ0n) is 8.41. The molecule has 1 saturated heterocycles. The molecule has 0 spiro atoms. The van der Waals surface area contributed by atoms with Gasteiger partial charge in [-0.05, 0) is 23.8 Å². The Labute approximate surface area is 102 Å². The summed E-state index contributed by atoms with van der Waals surface area (Å²) < 4.78 is 35.6. The molecule has 88 valence electrons. The molecule has 0 unspecified atom stereocenters. The third-order valence-electron chi connectivity index (χ3n) is 2.50. The molecule has 1 aliphatic heterocycles. The van der Waals surface area contributed by atoms with E-state index in [0.29, 0.717) is 6.54 Å². The molecule has 1 fully saturated rings. The molecule has 1 aromatic rings. The van der Waals surface area contributed by atoms with E-state index in [2.05, 4.69) is 21.2 Å². The summed E-state index contributed by atoms with van der Waals surface area (Å²) in [5.74, 6) is 0.0705. The number of hydrogen-bond acceptors (Lipinski definition) is 3. The van der Waals surface area contributed by atoms with Crippen LogP contribution in [0.5, 0.6) is 0 Å². The highest BCUT2D eigenvalue weighted by Crippen LogP contribution is 2.18. The molecule has 0 bridgehead atoms. The number of halogens is 2. The molecule has 1 aromatic carbocycles. The Morgan fingerprint density at radius 3 is 2.75 bits per heavy atom. The summed E-state index contributed by atoms with van der Waals surface area (Å²) in [5.41, 5.74) is 0.796. The van der Waals surface area contributed by atoms with Gasteiger partial charge in [-0.15, -0.1) is 0 Å². The number of hydrogen-bond donors (Lipinski definition) is 1. The summed E-state index contributed by atoms with van der Waals surface area (Å²) in [5, 5.41) is 3.08. The van der Waals surface area contributed by atoms with E-state index in [4.69, 9.17) is 0 Å². The van der Waals surface area contributed by atoms with Crippen LogP contribution in [0.3, 0.4) is 0 Å². The molecule has 0 aliphatic carbocycles. The van der Waals surface area contributed by atoms with Gasteiger partial charge in [0.15, 0.2) is 9.84 Å². The smallest absolute Gasteiger partial charge is 0.153 e. The average molecular weight is 308 g/mol. The van der Waals surface area contributed by atoms with Crippen LogP contribution < -0.4 is 5.32 Å². The number of rotatable bonds is 3. The highest BCUT2D eigenvalue weighted by atomic mass is 79.9. The first-order valence-corrected chi connectivity index (χ1v) is 7.45. The van der Waals surface area contributed by atoms with Crippen molar-refractivity contribution in [3.8, 4) is 0 Å². The van der Waals surface area contributed by atoms with Crippen molar-refractivity contribution in [2.24, 2.45) is 0 Å². The SMILES string of the molecule is O=S1(=O)CC(NCc2cc(F)ccc2Br)C1. The largest absolute Gasteiger partial charge is 0.308 e. The standard InChI is InChI=1S/C10H11BrFNO2S/c11-10-2-1-8(12)3-7(10)4-13-9-5-16(14,15)6-9/h1-3,9,13H,4-6H2. The topological polar surface area (TPSA) is 46.2 Å². The van der Waals surface area contributed by atoms with Crippen molar-refractivity contribution < 1.29 is 12.8 Å². The van der Waals surface area contributed by atoms with Gasteiger partial charge in [0.25, 0.3) is 0 Å². The Morgan fingerprint density at radius 2 is 2.12 bits per heavy atom. The molecule has 16 heavy (non-hydrogen) atoms. The molecular formula is C10H11BrFNO2S. The van der Waals surface area contributed by atoms with Crippen LogP contribution in [0.15, 0.2) is 22.7 Å². The third kappa shape index (κ3) is 2.81. The van der Waals surface area contributed by atoms with Crippen LogP contribution >= 0.6 is 15.9 Å². The second-order valence-corrected chi connectivity index (χ2v) is 6.90. The van der Waals surface area contributed by atoms with Gasteiger partial charge in [0.2, 0.25) is 0 Å². The Bertz CT molecular complexity index is 492. The summed E-state index contributed by atoms with van der Waals surface area (Å²) >= 11 is 3.32. The van der Waals surface area contributed by atoms with Gasteiger partial charge in [-0.2, -0.15) is 0 Å². The van der Waals surface area contributed by atoms with Crippen molar-refractivity contribution in [3.05, 3.63) is 34.1 Å². The zero-order chi connectivity index (χ0) is 11.8. The van der Waals surface area contributed by atoms with E-state index >= 15 is 0 Å². The van der Waals surface area contributed by atoms with E-state index in [0.717, 1.165) is 10.0 Å². The van der Waals surface area contributed by atoms with Crippen LogP contribution in [0.2, 0.25) is 0 Å². The van der Waals surface area contributed by atoms with E-state index in [9.17, 15) is 12.8 Å². The average Bonchev–Trinajstić information content (AvgIpc) is 2.16. The first-order valence-electron chi connectivity index (χ1n) is 4.84. The maximum absolute atomic E-state index is 12.9. The summed E-state index contributed by atoms with van der Waals surface area (Å²) in [6, 6.07) is 4.45. The fourth-order valence-corrected chi connectivity index (χ4v) is 3.37. The Morgan fingerprint density at radius 1 is 1.44 bits per heavy atom. The Kier molecular flexibility index (Phi) is 3.32. The summed E-state index contributed by atoms with van der Waals surface area (Å²) in [7, 11) is -2.80. The minimum absolute atomic E-state index is 0.000155. The molecule has 1 heterocycles. The minimum atomic E-state index is -2.80. The molecule has 6 heteroatoms. The second-order valence-electron chi connectivity index (χ2n) is 3.89. The van der Waals surface area contributed by atoms with Crippen LogP contribution in [-0.2, 0) is 16.4 Å². The second kappa shape index (κ2) is 4.43. The Hall–Kier alpha value is -0.460. The molecule has 0 amide bonds. The van der Waals surface area contributed by atoms with Gasteiger partial charge in [-0.3, -0.25) is 0 Å². The van der Waals surface area contributed by atoms with Gasteiger partial charge < -0.3 is 5.32 Å². The first kappa shape index (κ1) is 12.0. The quantitative estimate of drug-likeness (QED) is 0.920. The lowest BCUT2D eigenvalue weighted by atomic mass is 10.2. The number of nitrogens with one attached hydrogen (secondary N) is 1. The molecule has 3 nitrogen and oxygen atoms in total. The molecule has 1 aliphatic rings. The highest BCUT2D eigenvalue weighted by Gasteiger charge is 2.32. The van der Waals surface area contributed by atoms with Crippen LogP contribution in [0.1, 0.15) is 5.56 Å². The molecule has 1 N–H and O–H groups in total. The fraction of sp³-hybridized carbons (Fsp3) is 0.400. The van der Waals surface area contributed by atoms with Crippen molar-refractivity contribution in [1.82, 2.24) is 5.32 Å². The summed E-state index contributed by atoms with van der Waals surface area (Å²) in [6.45, 7) is 0.471. The van der Waals surface area contributed by atoms with Gasteiger partial charge >= 0.3 is 0 Å². The molecule has 0 aromatic heterocycles. The first-order chi connectivity index (χ1) is 7.46. The predicted molar refractivity (Wildman–Crippen MR) is 63.4 cm³/mol. The third-order valence-corrected chi connectivity index (χ3v) is 5.09. The molecule has 2 rings (SSSR count). The lowest BCUT2D eigenvalue weighted by Crippen LogP contribution is -2.50. The Balaban J connectivity index is 1.93. The van der Waals surface area contributed by atoms with Gasteiger partial charge in [0, 0.05) is 17.1 Å². The van der Waals surface area contributed by atoms with Crippen LogP contribution in [0, 0.1) is 5.82 Å². The van der Waals surface area contributed by atoms with Gasteiger partial charge in [0.05, 0.1) is 11.5 Å². The zero-order valence-corrected chi connectivity index (χ0v) is 10.8. The van der Waals surface area contributed by atoms with Crippen LogP contribution in [0.25, 0.3) is 0 Å². The predicted octanol–water partition coefficient (Wildman–Crippen LogP) is 1.47. The van der Waals surface area contributed by atoms with Gasteiger partial charge in [0.1, 0.15) is 5.82 Å². The molecule has 0 radical (unpaired) electrons. The molecule has 0 atom stereocenters.